The molecule has 6 rings (SSSR count). The van der Waals surface area contributed by atoms with Gasteiger partial charge in [-0.1, -0.05) is 12.1 Å². The average Bonchev–Trinajstić information content (AvgIpc) is 3.62. The number of aromatic nitrogens is 5. The molecule has 1 atom stereocenters. The summed E-state index contributed by atoms with van der Waals surface area (Å²) in [6.45, 7) is 1.59. The quantitative estimate of drug-likeness (QED) is 0.364. The van der Waals surface area contributed by atoms with Gasteiger partial charge in [0.15, 0.2) is 0 Å². The van der Waals surface area contributed by atoms with Gasteiger partial charge in [0.1, 0.15) is 11.5 Å². The van der Waals surface area contributed by atoms with Crippen LogP contribution < -0.4 is 10.6 Å². The number of halogens is 1. The Hall–Kier alpha value is -4.11. The normalized spacial score (nSPS) is 15.8. The monoisotopic (exact) mass is 469 g/mol. The molecule has 5 heterocycles. The zero-order chi connectivity index (χ0) is 23.9. The number of aromatic amines is 1. The summed E-state index contributed by atoms with van der Waals surface area (Å²) in [5.74, 6) is -0.562. The van der Waals surface area contributed by atoms with Crippen LogP contribution in [0.1, 0.15) is 23.2 Å². The van der Waals surface area contributed by atoms with E-state index in [2.05, 4.69) is 30.7 Å². The molecular weight excluding hydrogens is 445 g/mol. The molecule has 0 radical (unpaired) electrons. The van der Waals surface area contributed by atoms with Crippen LogP contribution in [0.5, 0.6) is 0 Å². The molecule has 4 aromatic heterocycles. The number of nitrogens with one attached hydrogen (secondary N) is 3. The van der Waals surface area contributed by atoms with Crippen molar-refractivity contribution in [2.45, 2.75) is 18.9 Å². The van der Waals surface area contributed by atoms with Crippen LogP contribution >= 0.6 is 0 Å². The third-order valence-electron chi connectivity index (χ3n) is 6.57. The number of fused-ring (bicyclic) bond motifs is 3. The van der Waals surface area contributed by atoms with Crippen molar-refractivity contribution in [2.24, 2.45) is 7.05 Å². The fourth-order valence-electron chi connectivity index (χ4n) is 4.77. The van der Waals surface area contributed by atoms with Gasteiger partial charge < -0.3 is 15.6 Å². The molecule has 1 amide bonds. The predicted octanol–water partition coefficient (Wildman–Crippen LogP) is 3.80. The number of amides is 1. The maximum Gasteiger partial charge on any atom is 0.251 e. The Bertz CT molecular complexity index is 1550. The first-order valence-corrected chi connectivity index (χ1v) is 11.6. The fourth-order valence-corrected chi connectivity index (χ4v) is 4.77. The number of rotatable bonds is 5. The molecule has 0 saturated carbocycles. The largest absolute Gasteiger partial charge is 0.350 e. The molecule has 0 aliphatic carbocycles. The lowest BCUT2D eigenvalue weighted by molar-refractivity contribution is 0.0950. The van der Waals surface area contributed by atoms with E-state index in [1.54, 1.807) is 41.3 Å². The van der Waals surface area contributed by atoms with Gasteiger partial charge in [-0.2, -0.15) is 5.10 Å². The molecule has 9 heteroatoms. The molecule has 8 nitrogen and oxygen atoms in total. The molecular formula is C26H24FN7O. The summed E-state index contributed by atoms with van der Waals surface area (Å²) in [5.41, 5.74) is 4.61. The summed E-state index contributed by atoms with van der Waals surface area (Å²) in [5, 5.41) is 12.1. The van der Waals surface area contributed by atoms with Crippen LogP contribution in [-0.4, -0.2) is 49.8 Å². The van der Waals surface area contributed by atoms with Crippen LogP contribution in [0.4, 0.5) is 4.39 Å². The van der Waals surface area contributed by atoms with E-state index < -0.39 is 5.82 Å². The summed E-state index contributed by atoms with van der Waals surface area (Å²) in [7, 11) is 1.85. The van der Waals surface area contributed by atoms with Gasteiger partial charge in [0.05, 0.1) is 29.8 Å². The average molecular weight is 470 g/mol. The summed E-state index contributed by atoms with van der Waals surface area (Å²) >= 11 is 0. The molecule has 0 spiro atoms. The van der Waals surface area contributed by atoms with Gasteiger partial charge in [-0.3, -0.25) is 14.5 Å². The van der Waals surface area contributed by atoms with Crippen molar-refractivity contribution >= 4 is 27.8 Å². The van der Waals surface area contributed by atoms with E-state index in [-0.39, 0.29) is 5.91 Å². The van der Waals surface area contributed by atoms with E-state index in [0.29, 0.717) is 40.3 Å². The molecule has 1 aromatic carbocycles. The highest BCUT2D eigenvalue weighted by molar-refractivity contribution is 6.13. The zero-order valence-electron chi connectivity index (χ0n) is 19.2. The smallest absolute Gasteiger partial charge is 0.251 e. The Balaban J connectivity index is 1.37. The molecule has 35 heavy (non-hydrogen) atoms. The van der Waals surface area contributed by atoms with Gasteiger partial charge in [-0.05, 0) is 43.1 Å². The standard InChI is InChI=1S/C26H24FN7O/c1-34-14-17(10-32-34)21-9-19-22(13-29-21)33-25-24(19)23(20(27)12-30-25)15-4-6-16(7-5-15)26(35)31-11-18-3-2-8-28-18/h4-7,9-10,12-14,18,28H,2-3,8,11H2,1H3,(H,30,33)(H,31,35)/t18-/m0/s1. The number of hydrogen-bond donors (Lipinski definition) is 3. The fraction of sp³-hybridized carbons (Fsp3) is 0.231. The summed E-state index contributed by atoms with van der Waals surface area (Å²) in [6, 6.07) is 9.27. The number of nitrogens with zero attached hydrogens (tertiary/aromatic N) is 4. The first kappa shape index (κ1) is 21.4. The van der Waals surface area contributed by atoms with Crippen molar-refractivity contribution < 1.29 is 9.18 Å². The molecule has 1 fully saturated rings. The topological polar surface area (TPSA) is 101 Å². The van der Waals surface area contributed by atoms with Crippen LogP contribution in [0.25, 0.3) is 44.3 Å². The van der Waals surface area contributed by atoms with Crippen LogP contribution in [0.2, 0.25) is 0 Å². The highest BCUT2D eigenvalue weighted by atomic mass is 19.1. The lowest BCUT2D eigenvalue weighted by Crippen LogP contribution is -2.37. The van der Waals surface area contributed by atoms with Crippen molar-refractivity contribution in [3.63, 3.8) is 0 Å². The van der Waals surface area contributed by atoms with Crippen LogP contribution in [0.15, 0.2) is 55.1 Å². The maximum atomic E-state index is 15.2. The van der Waals surface area contributed by atoms with E-state index in [4.69, 9.17) is 0 Å². The van der Waals surface area contributed by atoms with E-state index in [0.717, 1.165) is 41.5 Å². The van der Waals surface area contributed by atoms with Crippen molar-refractivity contribution in [3.8, 4) is 22.4 Å². The Kier molecular flexibility index (Phi) is 5.26. The highest BCUT2D eigenvalue weighted by Gasteiger charge is 2.19. The number of aryl methyl sites for hydroxylation is 1. The van der Waals surface area contributed by atoms with Crippen molar-refractivity contribution in [3.05, 3.63) is 66.5 Å². The van der Waals surface area contributed by atoms with Gasteiger partial charge in [-0.15, -0.1) is 0 Å². The Morgan fingerprint density at radius 2 is 2.03 bits per heavy atom. The second-order valence-electron chi connectivity index (χ2n) is 8.93. The predicted molar refractivity (Wildman–Crippen MR) is 132 cm³/mol. The summed E-state index contributed by atoms with van der Waals surface area (Å²) < 4.78 is 16.9. The first-order valence-electron chi connectivity index (χ1n) is 11.6. The van der Waals surface area contributed by atoms with Crippen molar-refractivity contribution in [1.82, 2.24) is 35.4 Å². The van der Waals surface area contributed by atoms with Crippen LogP contribution in [0.3, 0.4) is 0 Å². The minimum Gasteiger partial charge on any atom is -0.350 e. The third kappa shape index (κ3) is 3.93. The summed E-state index contributed by atoms with van der Waals surface area (Å²) in [4.78, 5) is 24.6. The van der Waals surface area contributed by atoms with E-state index in [1.165, 1.54) is 6.20 Å². The number of hydrogen-bond acceptors (Lipinski definition) is 5. The molecule has 1 aliphatic rings. The van der Waals surface area contributed by atoms with E-state index >= 15 is 4.39 Å². The second kappa shape index (κ2) is 8.59. The van der Waals surface area contributed by atoms with Gasteiger partial charge >= 0.3 is 0 Å². The van der Waals surface area contributed by atoms with Gasteiger partial charge in [0, 0.05) is 53.3 Å². The Labute approximate surface area is 200 Å². The molecule has 176 valence electrons. The lowest BCUT2D eigenvalue weighted by atomic mass is 9.99. The molecule has 0 unspecified atom stereocenters. The maximum absolute atomic E-state index is 15.2. The number of carbonyl (C=O) groups excluding carboxylic acids is 1. The Morgan fingerprint density at radius 3 is 2.77 bits per heavy atom. The van der Waals surface area contributed by atoms with Crippen LogP contribution in [-0.2, 0) is 7.05 Å². The van der Waals surface area contributed by atoms with Crippen molar-refractivity contribution in [2.75, 3.05) is 13.1 Å². The zero-order valence-corrected chi connectivity index (χ0v) is 19.2. The summed E-state index contributed by atoms with van der Waals surface area (Å²) in [6.07, 6.45) is 8.78. The molecule has 1 saturated heterocycles. The molecule has 1 aliphatic heterocycles. The number of benzene rings is 1. The highest BCUT2D eigenvalue weighted by Crippen LogP contribution is 2.36. The SMILES string of the molecule is Cn1cc(-c2cc3c(cn2)[nH]c2ncc(F)c(-c4ccc(C(=O)NC[C@@H]5CCCN5)cc4)c23)cn1. The van der Waals surface area contributed by atoms with Gasteiger partial charge in [0.25, 0.3) is 5.91 Å². The van der Waals surface area contributed by atoms with Crippen LogP contribution in [0, 0.1) is 5.82 Å². The molecule has 3 N–H and O–H groups in total. The molecule has 5 aromatic rings. The third-order valence-corrected chi connectivity index (χ3v) is 6.57. The van der Waals surface area contributed by atoms with Gasteiger partial charge in [-0.25, -0.2) is 9.37 Å². The molecule has 0 bridgehead atoms. The van der Waals surface area contributed by atoms with Crippen molar-refractivity contribution in [1.29, 1.82) is 0 Å². The lowest BCUT2D eigenvalue weighted by Gasteiger charge is -2.12. The Morgan fingerprint density at radius 1 is 1.17 bits per heavy atom. The first-order chi connectivity index (χ1) is 17.1. The van der Waals surface area contributed by atoms with Gasteiger partial charge in [0.2, 0.25) is 0 Å². The minimum absolute atomic E-state index is 0.134. The van der Waals surface area contributed by atoms with E-state index in [9.17, 15) is 4.79 Å². The number of pyridine rings is 2. The van der Waals surface area contributed by atoms with E-state index in [1.807, 2.05) is 19.3 Å². The minimum atomic E-state index is -0.428. The number of carbonyl (C=O) groups is 1. The number of H-pyrrole nitrogens is 1. The second-order valence-corrected chi connectivity index (χ2v) is 8.93.